The largest absolute Gasteiger partial charge is 0.278 e. The van der Waals surface area contributed by atoms with E-state index in [4.69, 9.17) is 11.6 Å². The zero-order valence-electron chi connectivity index (χ0n) is 9.27. The van der Waals surface area contributed by atoms with Gasteiger partial charge in [0.25, 0.3) is 10.0 Å². The highest BCUT2D eigenvalue weighted by Gasteiger charge is 2.15. The Morgan fingerprint density at radius 2 is 1.89 bits per heavy atom. The maximum absolute atomic E-state index is 12.2. The lowest BCUT2D eigenvalue weighted by molar-refractivity contribution is 0.601. The van der Waals surface area contributed by atoms with Gasteiger partial charge in [0.1, 0.15) is 0 Å². The van der Waals surface area contributed by atoms with Gasteiger partial charge in [-0.3, -0.25) is 9.71 Å². The fraction of sp³-hybridized carbons (Fsp3) is 0. The zero-order chi connectivity index (χ0) is 14.0. The molecule has 0 saturated carbocycles. The molecule has 2 rings (SSSR count). The van der Waals surface area contributed by atoms with Gasteiger partial charge in [0, 0.05) is 15.1 Å². The summed E-state index contributed by atoms with van der Waals surface area (Å²) >= 11 is 12.2. The van der Waals surface area contributed by atoms with E-state index in [1.807, 2.05) is 0 Å². The number of halogens is 3. The molecule has 0 bridgehead atoms. The van der Waals surface area contributed by atoms with Crippen molar-refractivity contribution in [2.75, 3.05) is 4.72 Å². The number of pyridine rings is 1. The molecule has 2 aromatic rings. The maximum Gasteiger partial charge on any atom is 0.261 e. The van der Waals surface area contributed by atoms with E-state index in [1.165, 1.54) is 24.4 Å². The van der Waals surface area contributed by atoms with Crippen molar-refractivity contribution in [1.29, 1.82) is 0 Å². The van der Waals surface area contributed by atoms with Gasteiger partial charge in [0.15, 0.2) is 0 Å². The Hall–Kier alpha value is -0.630. The minimum absolute atomic E-state index is 0.115. The second-order valence-corrected chi connectivity index (χ2v) is 7.43. The van der Waals surface area contributed by atoms with Crippen molar-refractivity contribution in [2.45, 2.75) is 4.90 Å². The molecule has 0 aliphatic rings. The average Bonchev–Trinajstić information content (AvgIpc) is 2.32. The van der Waals surface area contributed by atoms with Gasteiger partial charge in [-0.1, -0.05) is 11.6 Å². The number of nitrogens with one attached hydrogen (secondary N) is 1. The molecule has 0 atom stereocenters. The summed E-state index contributed by atoms with van der Waals surface area (Å²) in [6.07, 6.45) is 2.99. The van der Waals surface area contributed by atoms with Crippen LogP contribution in [0.4, 0.5) is 5.69 Å². The number of benzene rings is 1. The average molecular weight is 427 g/mol. The third-order valence-electron chi connectivity index (χ3n) is 2.16. The summed E-state index contributed by atoms with van der Waals surface area (Å²) in [5.74, 6) is 0. The number of nitrogens with zero attached hydrogens (tertiary/aromatic N) is 1. The standard InChI is InChI=1S/C11H7Br2ClN2O2S/c12-7-3-8(6-15-5-7)16-19(17,18)9-1-2-11(14)10(13)4-9/h1-6,16H. The molecular formula is C11H7Br2ClN2O2S. The molecule has 4 nitrogen and oxygen atoms in total. The van der Waals surface area contributed by atoms with Crippen LogP contribution in [0.15, 0.2) is 50.5 Å². The summed E-state index contributed by atoms with van der Waals surface area (Å²) < 4.78 is 28.0. The molecule has 19 heavy (non-hydrogen) atoms. The maximum atomic E-state index is 12.2. The van der Waals surface area contributed by atoms with E-state index in [1.54, 1.807) is 12.3 Å². The normalized spacial score (nSPS) is 11.3. The lowest BCUT2D eigenvalue weighted by Crippen LogP contribution is -2.13. The second-order valence-electron chi connectivity index (χ2n) is 3.57. The molecule has 0 aliphatic carbocycles. The predicted molar refractivity (Wildman–Crippen MR) is 81.9 cm³/mol. The van der Waals surface area contributed by atoms with Crippen molar-refractivity contribution in [2.24, 2.45) is 0 Å². The van der Waals surface area contributed by atoms with E-state index in [-0.39, 0.29) is 4.90 Å². The Morgan fingerprint density at radius 1 is 1.16 bits per heavy atom. The Bertz CT molecular complexity index is 722. The SMILES string of the molecule is O=S(=O)(Nc1cncc(Br)c1)c1ccc(Cl)c(Br)c1. The van der Waals surface area contributed by atoms with Gasteiger partial charge in [-0.15, -0.1) is 0 Å². The third-order valence-corrected chi connectivity index (χ3v) is 5.19. The molecule has 0 radical (unpaired) electrons. The van der Waals surface area contributed by atoms with Crippen LogP contribution in [-0.2, 0) is 10.0 Å². The van der Waals surface area contributed by atoms with Crippen LogP contribution in [-0.4, -0.2) is 13.4 Å². The molecule has 0 unspecified atom stereocenters. The van der Waals surface area contributed by atoms with E-state index in [2.05, 4.69) is 41.6 Å². The highest BCUT2D eigenvalue weighted by molar-refractivity contribution is 9.10. The van der Waals surface area contributed by atoms with Crippen molar-refractivity contribution in [3.63, 3.8) is 0 Å². The van der Waals surface area contributed by atoms with Crippen LogP contribution in [0.25, 0.3) is 0 Å². The molecule has 0 amide bonds. The van der Waals surface area contributed by atoms with E-state index >= 15 is 0 Å². The van der Waals surface area contributed by atoms with Crippen molar-refractivity contribution in [3.05, 3.63) is 50.6 Å². The van der Waals surface area contributed by atoms with Crippen molar-refractivity contribution in [3.8, 4) is 0 Å². The van der Waals surface area contributed by atoms with Gasteiger partial charge in [0.2, 0.25) is 0 Å². The molecule has 0 aliphatic heterocycles. The molecule has 1 aromatic heterocycles. The van der Waals surface area contributed by atoms with E-state index in [0.717, 1.165) is 0 Å². The molecule has 1 aromatic carbocycles. The van der Waals surface area contributed by atoms with Crippen LogP contribution in [0.1, 0.15) is 0 Å². The minimum Gasteiger partial charge on any atom is -0.278 e. The van der Waals surface area contributed by atoms with Gasteiger partial charge in [0.05, 0.1) is 21.8 Å². The fourth-order valence-electron chi connectivity index (χ4n) is 1.33. The van der Waals surface area contributed by atoms with Gasteiger partial charge in [-0.05, 0) is 56.1 Å². The summed E-state index contributed by atoms with van der Waals surface area (Å²) in [6.45, 7) is 0. The molecular weight excluding hydrogens is 419 g/mol. The smallest absolute Gasteiger partial charge is 0.261 e. The van der Waals surface area contributed by atoms with Gasteiger partial charge >= 0.3 is 0 Å². The molecule has 8 heteroatoms. The van der Waals surface area contributed by atoms with E-state index in [9.17, 15) is 8.42 Å². The highest BCUT2D eigenvalue weighted by atomic mass is 79.9. The third kappa shape index (κ3) is 3.68. The van der Waals surface area contributed by atoms with Crippen molar-refractivity contribution < 1.29 is 8.42 Å². The summed E-state index contributed by atoms with van der Waals surface area (Å²) in [5.41, 5.74) is 0.375. The van der Waals surface area contributed by atoms with E-state index in [0.29, 0.717) is 19.7 Å². The van der Waals surface area contributed by atoms with Crippen molar-refractivity contribution >= 4 is 59.2 Å². The molecule has 0 spiro atoms. The second kappa shape index (κ2) is 5.78. The molecule has 1 N–H and O–H groups in total. The summed E-state index contributed by atoms with van der Waals surface area (Å²) in [5, 5.41) is 0.447. The summed E-state index contributed by atoms with van der Waals surface area (Å²) in [4.78, 5) is 4.00. The Morgan fingerprint density at radius 3 is 2.53 bits per heavy atom. The number of anilines is 1. The monoisotopic (exact) mass is 424 g/mol. The first-order valence-corrected chi connectivity index (χ1v) is 8.41. The lowest BCUT2D eigenvalue weighted by atomic mass is 10.4. The Kier molecular flexibility index (Phi) is 4.50. The van der Waals surface area contributed by atoms with Crippen LogP contribution < -0.4 is 4.72 Å². The minimum atomic E-state index is -3.67. The quantitative estimate of drug-likeness (QED) is 0.805. The van der Waals surface area contributed by atoms with Gasteiger partial charge in [-0.25, -0.2) is 8.42 Å². The summed E-state index contributed by atoms with van der Waals surface area (Å²) in [7, 11) is -3.67. The number of aromatic nitrogens is 1. The van der Waals surface area contributed by atoms with Gasteiger partial charge in [-0.2, -0.15) is 0 Å². The first-order valence-electron chi connectivity index (χ1n) is 4.97. The van der Waals surface area contributed by atoms with Crippen LogP contribution >= 0.6 is 43.5 Å². The number of sulfonamides is 1. The number of hydrogen-bond acceptors (Lipinski definition) is 3. The Balaban J connectivity index is 2.35. The molecule has 0 fully saturated rings. The van der Waals surface area contributed by atoms with Crippen LogP contribution in [0.2, 0.25) is 5.02 Å². The zero-order valence-corrected chi connectivity index (χ0v) is 14.0. The van der Waals surface area contributed by atoms with Gasteiger partial charge < -0.3 is 0 Å². The topological polar surface area (TPSA) is 59.1 Å². The van der Waals surface area contributed by atoms with Crippen LogP contribution in [0.5, 0.6) is 0 Å². The van der Waals surface area contributed by atoms with Crippen molar-refractivity contribution in [1.82, 2.24) is 4.98 Å². The van der Waals surface area contributed by atoms with Crippen LogP contribution in [0, 0.1) is 0 Å². The molecule has 100 valence electrons. The first kappa shape index (κ1) is 14.8. The first-order chi connectivity index (χ1) is 8.88. The number of hydrogen-bond donors (Lipinski definition) is 1. The van der Waals surface area contributed by atoms with Crippen LogP contribution in [0.3, 0.4) is 0 Å². The Labute approximate surface area is 132 Å². The predicted octanol–water partition coefficient (Wildman–Crippen LogP) is 4.06. The highest BCUT2D eigenvalue weighted by Crippen LogP contribution is 2.26. The lowest BCUT2D eigenvalue weighted by Gasteiger charge is -2.08. The van der Waals surface area contributed by atoms with E-state index < -0.39 is 10.0 Å². The number of rotatable bonds is 3. The molecule has 0 saturated heterocycles. The summed E-state index contributed by atoms with van der Waals surface area (Å²) in [6, 6.07) is 6.01. The molecule has 1 heterocycles. The fourth-order valence-corrected chi connectivity index (χ4v) is 3.40.